The molecule has 2 heterocycles. The summed E-state index contributed by atoms with van der Waals surface area (Å²) in [6.45, 7) is 3.10. The highest BCUT2D eigenvalue weighted by molar-refractivity contribution is 7.99. The average molecular weight is 269 g/mol. The van der Waals surface area contributed by atoms with Gasteiger partial charge in [-0.3, -0.25) is 4.90 Å². The van der Waals surface area contributed by atoms with E-state index >= 15 is 0 Å². The van der Waals surface area contributed by atoms with E-state index in [-0.39, 0.29) is 0 Å². The molecule has 0 amide bonds. The van der Waals surface area contributed by atoms with Crippen molar-refractivity contribution in [3.8, 4) is 0 Å². The van der Waals surface area contributed by atoms with E-state index in [0.717, 1.165) is 41.3 Å². The molecule has 0 N–H and O–H groups in total. The van der Waals surface area contributed by atoms with Crippen molar-refractivity contribution >= 4 is 34.3 Å². The van der Waals surface area contributed by atoms with Crippen LogP contribution in [0, 0.1) is 0 Å². The molecular weight excluding hydrogens is 256 g/mol. The smallest absolute Gasteiger partial charge is 0.167 e. The van der Waals surface area contributed by atoms with Crippen molar-refractivity contribution < 1.29 is 4.52 Å². The molecule has 0 bridgehead atoms. The van der Waals surface area contributed by atoms with Gasteiger partial charge < -0.3 is 4.52 Å². The summed E-state index contributed by atoms with van der Waals surface area (Å²) in [5, 5.41) is 5.92. The Morgan fingerprint density at radius 1 is 1.35 bits per heavy atom. The number of hydrogen-bond donors (Lipinski definition) is 0. The summed E-state index contributed by atoms with van der Waals surface area (Å²) in [5.41, 5.74) is 1.81. The van der Waals surface area contributed by atoms with Gasteiger partial charge in [0, 0.05) is 41.5 Å². The third-order valence-electron chi connectivity index (χ3n) is 2.98. The first-order valence-electron chi connectivity index (χ1n) is 5.67. The van der Waals surface area contributed by atoms with Gasteiger partial charge >= 0.3 is 0 Å². The minimum atomic E-state index is 0.733. The zero-order valence-electron chi connectivity index (χ0n) is 9.36. The summed E-state index contributed by atoms with van der Waals surface area (Å²) in [7, 11) is 0. The molecule has 0 saturated carbocycles. The van der Waals surface area contributed by atoms with Crippen molar-refractivity contribution in [2.75, 3.05) is 24.6 Å². The van der Waals surface area contributed by atoms with Gasteiger partial charge in [-0.1, -0.05) is 16.8 Å². The summed E-state index contributed by atoms with van der Waals surface area (Å²) < 4.78 is 5.31. The molecule has 0 unspecified atom stereocenters. The molecule has 0 radical (unpaired) electrons. The Morgan fingerprint density at radius 3 is 3.00 bits per heavy atom. The molecule has 3 rings (SSSR count). The second-order valence-electron chi connectivity index (χ2n) is 4.16. The molecular formula is C12H13ClN2OS. The first-order valence-corrected chi connectivity index (χ1v) is 7.20. The number of fused-ring (bicyclic) bond motifs is 1. The van der Waals surface area contributed by atoms with Gasteiger partial charge in [0.25, 0.3) is 0 Å². The Balaban J connectivity index is 1.86. The molecule has 0 aliphatic carbocycles. The molecule has 2 aromatic rings. The molecule has 90 valence electrons. The number of nitrogens with zero attached hydrogens (tertiary/aromatic N) is 2. The van der Waals surface area contributed by atoms with Gasteiger partial charge in [0.1, 0.15) is 5.69 Å². The van der Waals surface area contributed by atoms with E-state index in [4.69, 9.17) is 16.1 Å². The van der Waals surface area contributed by atoms with Gasteiger partial charge in [-0.05, 0) is 18.2 Å². The second-order valence-corrected chi connectivity index (χ2v) is 5.82. The lowest BCUT2D eigenvalue weighted by molar-refractivity contribution is 0.284. The van der Waals surface area contributed by atoms with Crippen LogP contribution >= 0.6 is 23.4 Å². The van der Waals surface area contributed by atoms with Crippen LogP contribution < -0.4 is 0 Å². The van der Waals surface area contributed by atoms with Crippen molar-refractivity contribution in [3.05, 3.63) is 28.9 Å². The van der Waals surface area contributed by atoms with Crippen LogP contribution in [0.25, 0.3) is 11.0 Å². The number of benzene rings is 1. The molecule has 1 aliphatic rings. The average Bonchev–Trinajstić information content (AvgIpc) is 2.73. The predicted molar refractivity (Wildman–Crippen MR) is 71.6 cm³/mol. The normalized spacial score (nSPS) is 17.7. The minimum Gasteiger partial charge on any atom is -0.356 e. The highest BCUT2D eigenvalue weighted by Crippen LogP contribution is 2.24. The Hall–Kier alpha value is -0.710. The largest absolute Gasteiger partial charge is 0.356 e. The zero-order chi connectivity index (χ0) is 11.7. The fourth-order valence-electron chi connectivity index (χ4n) is 2.05. The maximum Gasteiger partial charge on any atom is 0.167 e. The molecule has 1 aromatic heterocycles. The minimum absolute atomic E-state index is 0.733. The lowest BCUT2D eigenvalue weighted by atomic mass is 10.2. The van der Waals surface area contributed by atoms with E-state index in [2.05, 4.69) is 10.1 Å². The van der Waals surface area contributed by atoms with Crippen molar-refractivity contribution in [2.24, 2.45) is 0 Å². The molecule has 1 aromatic carbocycles. The van der Waals surface area contributed by atoms with Gasteiger partial charge in [0.05, 0.1) is 0 Å². The second kappa shape index (κ2) is 4.88. The summed E-state index contributed by atoms with van der Waals surface area (Å²) in [4.78, 5) is 2.41. The molecule has 1 aliphatic heterocycles. The topological polar surface area (TPSA) is 29.3 Å². The fraction of sp³-hybridized carbons (Fsp3) is 0.417. The van der Waals surface area contributed by atoms with Crippen LogP contribution in [0.4, 0.5) is 0 Å². The molecule has 5 heteroatoms. The van der Waals surface area contributed by atoms with Crippen LogP contribution in [0.3, 0.4) is 0 Å². The lowest BCUT2D eigenvalue weighted by Crippen LogP contribution is -2.32. The Morgan fingerprint density at radius 2 is 2.18 bits per heavy atom. The predicted octanol–water partition coefficient (Wildman–Crippen LogP) is 3.03. The maximum absolute atomic E-state index is 6.00. The van der Waals surface area contributed by atoms with E-state index in [1.807, 2.05) is 30.0 Å². The SMILES string of the molecule is Clc1ccc2onc(CN3CCSCC3)c2c1. The van der Waals surface area contributed by atoms with E-state index in [1.165, 1.54) is 11.5 Å². The van der Waals surface area contributed by atoms with Crippen LogP contribution in [-0.4, -0.2) is 34.7 Å². The van der Waals surface area contributed by atoms with Crippen molar-refractivity contribution in [1.29, 1.82) is 0 Å². The van der Waals surface area contributed by atoms with Crippen LogP contribution in [-0.2, 0) is 6.54 Å². The number of halogens is 1. The van der Waals surface area contributed by atoms with Crippen molar-refractivity contribution in [1.82, 2.24) is 10.1 Å². The van der Waals surface area contributed by atoms with Crippen LogP contribution in [0.2, 0.25) is 5.02 Å². The number of thioether (sulfide) groups is 1. The quantitative estimate of drug-likeness (QED) is 0.837. The van der Waals surface area contributed by atoms with Crippen LogP contribution in [0.5, 0.6) is 0 Å². The summed E-state index contributed by atoms with van der Waals surface area (Å²) in [6, 6.07) is 5.64. The number of rotatable bonds is 2. The molecule has 0 atom stereocenters. The van der Waals surface area contributed by atoms with Gasteiger partial charge in [-0.15, -0.1) is 0 Å². The highest BCUT2D eigenvalue weighted by atomic mass is 35.5. The van der Waals surface area contributed by atoms with E-state index < -0.39 is 0 Å². The summed E-state index contributed by atoms with van der Waals surface area (Å²) >= 11 is 8.01. The first-order chi connectivity index (χ1) is 8.33. The molecule has 17 heavy (non-hydrogen) atoms. The van der Waals surface area contributed by atoms with E-state index in [9.17, 15) is 0 Å². The third-order valence-corrected chi connectivity index (χ3v) is 4.16. The number of hydrogen-bond acceptors (Lipinski definition) is 4. The van der Waals surface area contributed by atoms with Crippen LogP contribution in [0.15, 0.2) is 22.7 Å². The monoisotopic (exact) mass is 268 g/mol. The van der Waals surface area contributed by atoms with Gasteiger partial charge in [0.2, 0.25) is 0 Å². The first kappa shape index (κ1) is 11.4. The Kier molecular flexibility index (Phi) is 3.27. The standard InChI is InChI=1S/C12H13ClN2OS/c13-9-1-2-12-10(7-9)11(14-16-12)8-15-3-5-17-6-4-15/h1-2,7H,3-6,8H2. The third kappa shape index (κ3) is 2.44. The van der Waals surface area contributed by atoms with Gasteiger partial charge in [0.15, 0.2) is 5.58 Å². The Bertz CT molecular complexity index is 522. The molecule has 1 fully saturated rings. The molecule has 0 spiro atoms. The van der Waals surface area contributed by atoms with Crippen LogP contribution in [0.1, 0.15) is 5.69 Å². The van der Waals surface area contributed by atoms with Crippen molar-refractivity contribution in [2.45, 2.75) is 6.54 Å². The van der Waals surface area contributed by atoms with Crippen molar-refractivity contribution in [3.63, 3.8) is 0 Å². The molecule has 3 nitrogen and oxygen atoms in total. The zero-order valence-corrected chi connectivity index (χ0v) is 10.9. The number of aromatic nitrogens is 1. The van der Waals surface area contributed by atoms with E-state index in [0.29, 0.717) is 0 Å². The van der Waals surface area contributed by atoms with Gasteiger partial charge in [-0.25, -0.2) is 0 Å². The Labute approximate surface area is 109 Å². The van der Waals surface area contributed by atoms with Gasteiger partial charge in [-0.2, -0.15) is 11.8 Å². The summed E-state index contributed by atoms with van der Waals surface area (Å²) in [6.07, 6.45) is 0. The maximum atomic E-state index is 6.00. The van der Waals surface area contributed by atoms with E-state index in [1.54, 1.807) is 0 Å². The highest BCUT2D eigenvalue weighted by Gasteiger charge is 2.15. The fourth-order valence-corrected chi connectivity index (χ4v) is 3.20. The lowest BCUT2D eigenvalue weighted by Gasteiger charge is -2.24. The molecule has 1 saturated heterocycles. The summed E-state index contributed by atoms with van der Waals surface area (Å²) in [5.74, 6) is 2.41.